The molecule has 2 nitrogen and oxygen atoms in total. The van der Waals surface area contributed by atoms with Gasteiger partial charge in [0.1, 0.15) is 0 Å². The van der Waals surface area contributed by atoms with Gasteiger partial charge in [-0.1, -0.05) is 46.0 Å². The monoisotopic (exact) mass is 308 g/mol. The molecule has 4 heteroatoms. The summed E-state index contributed by atoms with van der Waals surface area (Å²) in [5.41, 5.74) is 0. The number of hydrogen-bond donors (Lipinski definition) is 0. The van der Waals surface area contributed by atoms with E-state index in [1.807, 2.05) is 0 Å². The molecule has 1 aliphatic carbocycles. The Morgan fingerprint density at radius 3 is 1.74 bits per heavy atom. The van der Waals surface area contributed by atoms with Crippen LogP contribution in [0.1, 0.15) is 71.6 Å². The predicted octanol–water partition coefficient (Wildman–Crippen LogP) is 5.30. The third-order valence-electron chi connectivity index (χ3n) is 3.52. The fourth-order valence-electron chi connectivity index (χ4n) is 2.40. The third kappa shape index (κ3) is 9.45. The summed E-state index contributed by atoms with van der Waals surface area (Å²) >= 11 is 10.7. The van der Waals surface area contributed by atoms with Crippen molar-refractivity contribution in [1.29, 1.82) is 0 Å². The summed E-state index contributed by atoms with van der Waals surface area (Å²) in [6.45, 7) is 4.14. The average molecular weight is 309 g/mol. The van der Waals surface area contributed by atoms with E-state index >= 15 is 0 Å². The molecule has 1 saturated carbocycles. The van der Waals surface area contributed by atoms with Crippen LogP contribution < -0.4 is 0 Å². The van der Waals surface area contributed by atoms with Crippen LogP contribution in [-0.2, 0) is 9.59 Å². The summed E-state index contributed by atoms with van der Waals surface area (Å²) in [4.78, 5) is 21.3. The molecular weight excluding hydrogens is 283 g/mol. The highest BCUT2D eigenvalue weighted by molar-refractivity contribution is 6.64. The Morgan fingerprint density at radius 1 is 1.00 bits per heavy atom. The molecule has 0 radical (unpaired) electrons. The van der Waals surface area contributed by atoms with Gasteiger partial charge in [0.15, 0.2) is 0 Å². The lowest BCUT2D eigenvalue weighted by Crippen LogP contribution is -2.12. The van der Waals surface area contributed by atoms with Crippen molar-refractivity contribution >= 4 is 33.7 Å². The van der Waals surface area contributed by atoms with E-state index in [2.05, 4.69) is 13.8 Å². The summed E-state index contributed by atoms with van der Waals surface area (Å²) in [6, 6.07) is 0. The van der Waals surface area contributed by atoms with E-state index in [4.69, 9.17) is 23.2 Å². The summed E-state index contributed by atoms with van der Waals surface area (Å²) in [5, 5.41) is -0.293. The summed E-state index contributed by atoms with van der Waals surface area (Å²) < 4.78 is 0. The first-order valence-electron chi connectivity index (χ1n) is 7.41. The maximum atomic E-state index is 10.7. The van der Waals surface area contributed by atoms with Crippen molar-refractivity contribution < 1.29 is 9.59 Å². The van der Waals surface area contributed by atoms with E-state index in [1.54, 1.807) is 0 Å². The molecule has 19 heavy (non-hydrogen) atoms. The first-order chi connectivity index (χ1) is 9.02. The van der Waals surface area contributed by atoms with E-state index in [-0.39, 0.29) is 22.3 Å². The quantitative estimate of drug-likeness (QED) is 0.624. The fourth-order valence-corrected chi connectivity index (χ4v) is 2.83. The minimum absolute atomic E-state index is 0.108. The van der Waals surface area contributed by atoms with Gasteiger partial charge in [0.05, 0.1) is 0 Å². The summed E-state index contributed by atoms with van der Waals surface area (Å²) in [7, 11) is 0. The van der Waals surface area contributed by atoms with Crippen molar-refractivity contribution in [3.8, 4) is 0 Å². The molecule has 0 amide bonds. The van der Waals surface area contributed by atoms with Crippen LogP contribution in [0, 0.1) is 11.8 Å². The largest absolute Gasteiger partial charge is 0.281 e. The van der Waals surface area contributed by atoms with E-state index in [0.717, 1.165) is 38.5 Å². The van der Waals surface area contributed by atoms with Gasteiger partial charge in [0.25, 0.3) is 0 Å². The smallest absolute Gasteiger partial charge is 0.224 e. The topological polar surface area (TPSA) is 34.1 Å². The van der Waals surface area contributed by atoms with Crippen LogP contribution in [0.25, 0.3) is 0 Å². The Kier molecular flexibility index (Phi) is 11.7. The summed E-state index contributed by atoms with van der Waals surface area (Å²) in [5.74, 6) is 0.289. The number of carbonyl (C=O) groups excluding carboxylic acids is 2. The third-order valence-corrected chi connectivity index (χ3v) is 4.14. The molecular formula is C15H26Cl2O2. The summed E-state index contributed by atoms with van der Waals surface area (Å²) in [6.07, 6.45) is 9.65. The maximum absolute atomic E-state index is 10.7. The molecule has 0 atom stereocenters. The van der Waals surface area contributed by atoms with Gasteiger partial charge in [-0.25, -0.2) is 0 Å². The number of hydrogen-bond acceptors (Lipinski definition) is 2. The molecule has 0 aliphatic heterocycles. The van der Waals surface area contributed by atoms with Crippen LogP contribution in [0.2, 0.25) is 0 Å². The molecule has 0 aromatic rings. The normalized spacial score (nSPS) is 15.8. The van der Waals surface area contributed by atoms with E-state index in [9.17, 15) is 9.59 Å². The molecule has 1 aliphatic rings. The SMILES string of the molecule is CCCC(CCC)C(=O)Cl.O=C(Cl)C1CCCCC1. The first-order valence-corrected chi connectivity index (χ1v) is 8.17. The first kappa shape index (κ1) is 18.9. The van der Waals surface area contributed by atoms with Crippen molar-refractivity contribution in [3.63, 3.8) is 0 Å². The van der Waals surface area contributed by atoms with Gasteiger partial charge in [-0.15, -0.1) is 0 Å². The zero-order valence-corrected chi connectivity index (χ0v) is 13.6. The second-order valence-corrected chi connectivity index (χ2v) is 5.96. The molecule has 0 saturated heterocycles. The van der Waals surface area contributed by atoms with Crippen LogP contribution >= 0.6 is 23.2 Å². The Morgan fingerprint density at radius 2 is 1.47 bits per heavy atom. The van der Waals surface area contributed by atoms with Crippen LogP contribution in [0.5, 0.6) is 0 Å². The second-order valence-electron chi connectivity index (χ2n) is 5.22. The van der Waals surface area contributed by atoms with Gasteiger partial charge < -0.3 is 0 Å². The Balaban J connectivity index is 0.000000342. The molecule has 0 unspecified atom stereocenters. The minimum atomic E-state index is -0.163. The molecule has 112 valence electrons. The van der Waals surface area contributed by atoms with Crippen molar-refractivity contribution in [3.05, 3.63) is 0 Å². The van der Waals surface area contributed by atoms with Gasteiger partial charge in [0.2, 0.25) is 10.5 Å². The van der Waals surface area contributed by atoms with Crippen LogP contribution in [0.4, 0.5) is 0 Å². The molecule has 1 rings (SSSR count). The highest BCUT2D eigenvalue weighted by Crippen LogP contribution is 2.25. The zero-order chi connectivity index (χ0) is 14.7. The number of halogens is 2. The van der Waals surface area contributed by atoms with Crippen LogP contribution in [0.15, 0.2) is 0 Å². The van der Waals surface area contributed by atoms with Crippen molar-refractivity contribution in [2.75, 3.05) is 0 Å². The van der Waals surface area contributed by atoms with E-state index in [1.165, 1.54) is 19.3 Å². The van der Waals surface area contributed by atoms with Gasteiger partial charge in [0, 0.05) is 11.8 Å². The molecule has 0 spiro atoms. The molecule has 0 heterocycles. The molecule has 0 N–H and O–H groups in total. The van der Waals surface area contributed by atoms with E-state index in [0.29, 0.717) is 0 Å². The second kappa shape index (κ2) is 11.7. The molecule has 0 bridgehead atoms. The van der Waals surface area contributed by atoms with Crippen molar-refractivity contribution in [2.45, 2.75) is 71.6 Å². The lowest BCUT2D eigenvalue weighted by atomic mass is 9.90. The molecule has 0 aromatic heterocycles. The molecule has 1 fully saturated rings. The predicted molar refractivity (Wildman–Crippen MR) is 81.6 cm³/mol. The average Bonchev–Trinajstić information content (AvgIpc) is 2.40. The Hall–Kier alpha value is -0.0800. The lowest BCUT2D eigenvalue weighted by molar-refractivity contribution is -0.116. The van der Waals surface area contributed by atoms with Gasteiger partial charge in [-0.3, -0.25) is 9.59 Å². The lowest BCUT2D eigenvalue weighted by Gasteiger charge is -2.16. The highest BCUT2D eigenvalue weighted by Gasteiger charge is 2.18. The number of carbonyl (C=O) groups is 2. The Bertz CT molecular complexity index is 255. The number of rotatable bonds is 6. The van der Waals surface area contributed by atoms with Crippen molar-refractivity contribution in [2.24, 2.45) is 11.8 Å². The molecule has 0 aromatic carbocycles. The standard InChI is InChI=1S/C8H15ClO.C7H11ClO/c1-3-5-7(6-4-2)8(9)10;8-7(9)6-4-2-1-3-5-6/h7H,3-6H2,1-2H3;6H,1-5H2. The van der Waals surface area contributed by atoms with Gasteiger partial charge in [-0.05, 0) is 48.9 Å². The van der Waals surface area contributed by atoms with Crippen LogP contribution in [0.3, 0.4) is 0 Å². The highest BCUT2D eigenvalue weighted by atomic mass is 35.5. The minimum Gasteiger partial charge on any atom is -0.281 e. The van der Waals surface area contributed by atoms with E-state index < -0.39 is 0 Å². The van der Waals surface area contributed by atoms with Gasteiger partial charge >= 0.3 is 0 Å². The zero-order valence-electron chi connectivity index (χ0n) is 12.1. The fraction of sp³-hybridized carbons (Fsp3) is 0.867. The Labute approximate surface area is 127 Å². The van der Waals surface area contributed by atoms with Crippen LogP contribution in [-0.4, -0.2) is 10.5 Å². The maximum Gasteiger partial charge on any atom is 0.224 e. The van der Waals surface area contributed by atoms with Gasteiger partial charge in [-0.2, -0.15) is 0 Å². The van der Waals surface area contributed by atoms with Crippen molar-refractivity contribution in [1.82, 2.24) is 0 Å².